The Morgan fingerprint density at radius 1 is 1.27 bits per heavy atom. The van der Waals surface area contributed by atoms with Crippen LogP contribution in [0.5, 0.6) is 0 Å². The minimum atomic E-state index is -0.420. The summed E-state index contributed by atoms with van der Waals surface area (Å²) in [6, 6.07) is 0.647. The van der Waals surface area contributed by atoms with Gasteiger partial charge in [-0.1, -0.05) is 20.3 Å². The molecule has 0 aromatic heterocycles. The van der Waals surface area contributed by atoms with Crippen LogP contribution in [0.1, 0.15) is 73.1 Å². The van der Waals surface area contributed by atoms with Crippen LogP contribution in [0.3, 0.4) is 0 Å². The van der Waals surface area contributed by atoms with Gasteiger partial charge in [0, 0.05) is 19.6 Å². The number of carbonyl (C=O) groups excluding carboxylic acids is 1. The number of hydrogen-bond acceptors (Lipinski definition) is 3. The third-order valence-corrected chi connectivity index (χ3v) is 4.38. The number of rotatable bonds is 5. The van der Waals surface area contributed by atoms with Crippen molar-refractivity contribution < 1.29 is 9.53 Å². The molecule has 1 rings (SSSR count). The van der Waals surface area contributed by atoms with Crippen LogP contribution in [0.15, 0.2) is 0 Å². The van der Waals surface area contributed by atoms with Crippen LogP contribution in [-0.2, 0) is 4.74 Å². The summed E-state index contributed by atoms with van der Waals surface area (Å²) < 4.78 is 5.35. The molecule has 1 aliphatic carbocycles. The van der Waals surface area contributed by atoms with Crippen LogP contribution in [0.2, 0.25) is 0 Å². The van der Waals surface area contributed by atoms with Crippen LogP contribution in [0, 0.1) is 5.41 Å². The van der Waals surface area contributed by atoms with Crippen molar-refractivity contribution in [1.82, 2.24) is 10.2 Å². The first kappa shape index (κ1) is 19.3. The van der Waals surface area contributed by atoms with E-state index < -0.39 is 5.60 Å². The maximum absolute atomic E-state index is 11.9. The highest BCUT2D eigenvalue weighted by atomic mass is 16.6. The first-order valence-corrected chi connectivity index (χ1v) is 8.77. The zero-order valence-corrected chi connectivity index (χ0v) is 15.5. The number of amides is 1. The number of ether oxygens (including phenoxy) is 1. The molecule has 4 heteroatoms. The Balaban J connectivity index is 2.18. The van der Waals surface area contributed by atoms with E-state index in [0.29, 0.717) is 11.5 Å². The molecule has 22 heavy (non-hydrogen) atoms. The van der Waals surface area contributed by atoms with Gasteiger partial charge in [-0.15, -0.1) is 0 Å². The quantitative estimate of drug-likeness (QED) is 0.611. The van der Waals surface area contributed by atoms with E-state index >= 15 is 0 Å². The standard InChI is InChI=1S/C18H36N2O2/c1-17(2,3)22-16(21)20(6)14-8-13-19-15-9-7-11-18(4,5)12-10-15/h15,19H,7-14H2,1-6H3. The van der Waals surface area contributed by atoms with E-state index in [9.17, 15) is 4.79 Å². The molecule has 0 bridgehead atoms. The van der Waals surface area contributed by atoms with Crippen molar-refractivity contribution in [3.05, 3.63) is 0 Å². The number of nitrogens with zero attached hydrogens (tertiary/aromatic N) is 1. The second kappa shape index (κ2) is 8.19. The normalized spacial score (nSPS) is 22.0. The molecular formula is C18H36N2O2. The van der Waals surface area contributed by atoms with E-state index in [-0.39, 0.29) is 6.09 Å². The van der Waals surface area contributed by atoms with Crippen molar-refractivity contribution in [2.24, 2.45) is 5.41 Å². The molecule has 0 spiro atoms. The maximum Gasteiger partial charge on any atom is 0.410 e. The van der Waals surface area contributed by atoms with Crippen molar-refractivity contribution in [1.29, 1.82) is 0 Å². The van der Waals surface area contributed by atoms with E-state index in [2.05, 4.69) is 19.2 Å². The lowest BCUT2D eigenvalue weighted by atomic mass is 9.85. The largest absolute Gasteiger partial charge is 0.444 e. The Bertz CT molecular complexity index is 347. The fraction of sp³-hybridized carbons (Fsp3) is 0.944. The molecule has 0 heterocycles. The van der Waals surface area contributed by atoms with Crippen molar-refractivity contribution in [2.75, 3.05) is 20.1 Å². The molecule has 0 aliphatic heterocycles. The number of hydrogen-bond donors (Lipinski definition) is 1. The monoisotopic (exact) mass is 312 g/mol. The van der Waals surface area contributed by atoms with Gasteiger partial charge in [0.05, 0.1) is 0 Å². The summed E-state index contributed by atoms with van der Waals surface area (Å²) in [5, 5.41) is 3.66. The fourth-order valence-electron chi connectivity index (χ4n) is 2.92. The Hall–Kier alpha value is -0.770. The van der Waals surface area contributed by atoms with Crippen LogP contribution in [-0.4, -0.2) is 42.8 Å². The van der Waals surface area contributed by atoms with Gasteiger partial charge in [-0.2, -0.15) is 0 Å². The Kier molecular flexibility index (Phi) is 7.17. The highest BCUT2D eigenvalue weighted by Crippen LogP contribution is 2.33. The summed E-state index contributed by atoms with van der Waals surface area (Å²) in [6.07, 6.45) is 7.26. The van der Waals surface area contributed by atoms with E-state index in [1.165, 1.54) is 32.1 Å². The van der Waals surface area contributed by atoms with Gasteiger partial charge >= 0.3 is 6.09 Å². The molecule has 1 saturated carbocycles. The van der Waals surface area contributed by atoms with Gasteiger partial charge in [-0.05, 0) is 64.8 Å². The third-order valence-electron chi connectivity index (χ3n) is 4.38. The van der Waals surface area contributed by atoms with Gasteiger partial charge in [0.25, 0.3) is 0 Å². The lowest BCUT2D eigenvalue weighted by molar-refractivity contribution is 0.0297. The smallest absolute Gasteiger partial charge is 0.410 e. The van der Waals surface area contributed by atoms with Crippen molar-refractivity contribution in [2.45, 2.75) is 84.8 Å². The second-order valence-corrected chi connectivity index (χ2v) is 8.50. The summed E-state index contributed by atoms with van der Waals surface area (Å²) in [5.41, 5.74) is 0.0874. The predicted molar refractivity (Wildman–Crippen MR) is 92.1 cm³/mol. The van der Waals surface area contributed by atoms with Gasteiger partial charge in [0.2, 0.25) is 0 Å². The minimum absolute atomic E-state index is 0.233. The molecular weight excluding hydrogens is 276 g/mol. The lowest BCUT2D eigenvalue weighted by Crippen LogP contribution is -2.36. The molecule has 1 aliphatic rings. The molecule has 0 saturated heterocycles. The Labute approximate surface area is 137 Å². The van der Waals surface area contributed by atoms with Crippen LogP contribution < -0.4 is 5.32 Å². The summed E-state index contributed by atoms with van der Waals surface area (Å²) in [5.74, 6) is 0. The van der Waals surface area contributed by atoms with Crippen LogP contribution in [0.25, 0.3) is 0 Å². The summed E-state index contributed by atoms with van der Waals surface area (Å²) in [4.78, 5) is 13.5. The van der Waals surface area contributed by atoms with Gasteiger partial charge in [0.15, 0.2) is 0 Å². The summed E-state index contributed by atoms with van der Waals surface area (Å²) in [6.45, 7) is 12.2. The minimum Gasteiger partial charge on any atom is -0.444 e. The molecule has 0 aromatic carbocycles. The highest BCUT2D eigenvalue weighted by Gasteiger charge is 2.24. The second-order valence-electron chi connectivity index (χ2n) is 8.50. The Morgan fingerprint density at radius 2 is 1.95 bits per heavy atom. The topological polar surface area (TPSA) is 41.6 Å². The van der Waals surface area contributed by atoms with E-state index in [0.717, 1.165) is 19.5 Å². The van der Waals surface area contributed by atoms with Gasteiger partial charge < -0.3 is 15.0 Å². The summed E-state index contributed by atoms with van der Waals surface area (Å²) >= 11 is 0. The first-order valence-electron chi connectivity index (χ1n) is 8.77. The molecule has 1 unspecified atom stereocenters. The Morgan fingerprint density at radius 3 is 2.59 bits per heavy atom. The van der Waals surface area contributed by atoms with E-state index in [1.807, 2.05) is 27.8 Å². The zero-order valence-electron chi connectivity index (χ0n) is 15.5. The molecule has 1 fully saturated rings. The molecule has 1 atom stereocenters. The van der Waals surface area contributed by atoms with Crippen molar-refractivity contribution in [3.63, 3.8) is 0 Å². The first-order chi connectivity index (χ1) is 10.1. The van der Waals surface area contributed by atoms with E-state index in [4.69, 9.17) is 4.74 Å². The van der Waals surface area contributed by atoms with Crippen LogP contribution >= 0.6 is 0 Å². The lowest BCUT2D eigenvalue weighted by Gasteiger charge is -2.25. The summed E-state index contributed by atoms with van der Waals surface area (Å²) in [7, 11) is 1.81. The number of carbonyl (C=O) groups is 1. The highest BCUT2D eigenvalue weighted by molar-refractivity contribution is 5.67. The van der Waals surface area contributed by atoms with Gasteiger partial charge in [-0.3, -0.25) is 0 Å². The molecule has 0 radical (unpaired) electrons. The molecule has 1 amide bonds. The molecule has 130 valence electrons. The SMILES string of the molecule is CN(CCCNC1CCCC(C)(C)CC1)C(=O)OC(C)(C)C. The average Bonchev–Trinajstić information content (AvgIpc) is 2.53. The van der Waals surface area contributed by atoms with Crippen molar-refractivity contribution in [3.8, 4) is 0 Å². The van der Waals surface area contributed by atoms with Gasteiger partial charge in [0.1, 0.15) is 5.60 Å². The molecule has 4 nitrogen and oxygen atoms in total. The third kappa shape index (κ3) is 8.02. The van der Waals surface area contributed by atoms with Crippen molar-refractivity contribution >= 4 is 6.09 Å². The van der Waals surface area contributed by atoms with Crippen LogP contribution in [0.4, 0.5) is 4.79 Å². The zero-order chi connectivity index (χ0) is 16.8. The number of nitrogens with one attached hydrogen (secondary N) is 1. The predicted octanol–water partition coefficient (Wildman–Crippen LogP) is 4.19. The van der Waals surface area contributed by atoms with Gasteiger partial charge in [-0.25, -0.2) is 4.79 Å². The fourth-order valence-corrected chi connectivity index (χ4v) is 2.92. The maximum atomic E-state index is 11.9. The average molecular weight is 312 g/mol. The molecule has 0 aromatic rings. The molecule has 1 N–H and O–H groups in total. The van der Waals surface area contributed by atoms with E-state index in [1.54, 1.807) is 4.90 Å².